The molecule has 0 bridgehead atoms. The lowest BCUT2D eigenvalue weighted by molar-refractivity contribution is -0.151. The zero-order chi connectivity index (χ0) is 20.5. The van der Waals surface area contributed by atoms with Gasteiger partial charge in [-0.05, 0) is 44.4 Å². The molecule has 1 fully saturated rings. The maximum atomic E-state index is 12.4. The molecular weight excluding hydrogens is 406 g/mol. The molecule has 0 aliphatic carbocycles. The van der Waals surface area contributed by atoms with E-state index in [1.807, 2.05) is 0 Å². The Morgan fingerprint density at radius 1 is 1.29 bits per heavy atom. The fourth-order valence-electron chi connectivity index (χ4n) is 3.29. The Bertz CT molecular complexity index is 1050. The van der Waals surface area contributed by atoms with Crippen LogP contribution in [0.3, 0.4) is 0 Å². The Morgan fingerprint density at radius 3 is 2.61 bits per heavy atom. The van der Waals surface area contributed by atoms with Gasteiger partial charge in [0.05, 0.1) is 11.7 Å². The standard InChI is InChI=1S/C19H22ClNO6S/c1-3-28(24,25)21-6-4-13(5-7-21)19(23)26-11-14-9-18(22)27-17-8-12(2)16(20)10-15(14)17/h8-10,13H,3-7,11H2,1-2H3. The van der Waals surface area contributed by atoms with Crippen LogP contribution < -0.4 is 5.63 Å². The second-order valence-corrected chi connectivity index (χ2v) is 9.53. The van der Waals surface area contributed by atoms with Gasteiger partial charge in [0, 0.05) is 35.1 Å². The number of hydrogen-bond acceptors (Lipinski definition) is 6. The monoisotopic (exact) mass is 427 g/mol. The van der Waals surface area contributed by atoms with Gasteiger partial charge in [-0.2, -0.15) is 0 Å². The molecule has 7 nitrogen and oxygen atoms in total. The van der Waals surface area contributed by atoms with Gasteiger partial charge >= 0.3 is 11.6 Å². The average Bonchev–Trinajstić information content (AvgIpc) is 2.67. The molecule has 2 aromatic rings. The molecule has 28 heavy (non-hydrogen) atoms. The zero-order valence-electron chi connectivity index (χ0n) is 15.7. The second kappa shape index (κ2) is 8.23. The van der Waals surface area contributed by atoms with Gasteiger partial charge in [0.1, 0.15) is 12.2 Å². The lowest BCUT2D eigenvalue weighted by atomic mass is 9.98. The SMILES string of the molecule is CCS(=O)(=O)N1CCC(C(=O)OCc2cc(=O)oc3cc(C)c(Cl)cc23)CC1. The minimum Gasteiger partial charge on any atom is -0.461 e. The molecule has 2 heterocycles. The number of carbonyl (C=O) groups is 1. The molecule has 1 aliphatic heterocycles. The van der Waals surface area contributed by atoms with Crippen LogP contribution in [0.1, 0.15) is 30.9 Å². The van der Waals surface area contributed by atoms with Gasteiger partial charge in [-0.3, -0.25) is 4.79 Å². The maximum Gasteiger partial charge on any atom is 0.336 e. The van der Waals surface area contributed by atoms with Crippen molar-refractivity contribution in [2.75, 3.05) is 18.8 Å². The van der Waals surface area contributed by atoms with Crippen molar-refractivity contribution in [3.05, 3.63) is 44.8 Å². The fraction of sp³-hybridized carbons (Fsp3) is 0.474. The van der Waals surface area contributed by atoms with Crippen molar-refractivity contribution >= 4 is 38.6 Å². The molecule has 1 aromatic heterocycles. The van der Waals surface area contributed by atoms with Gasteiger partial charge in [0.25, 0.3) is 0 Å². The van der Waals surface area contributed by atoms with Crippen LogP contribution in [0.4, 0.5) is 0 Å². The molecule has 0 unspecified atom stereocenters. The highest BCUT2D eigenvalue weighted by atomic mass is 35.5. The highest BCUT2D eigenvalue weighted by Crippen LogP contribution is 2.26. The van der Waals surface area contributed by atoms with E-state index in [1.165, 1.54) is 10.4 Å². The first kappa shape index (κ1) is 20.8. The van der Waals surface area contributed by atoms with Crippen molar-refractivity contribution in [2.24, 2.45) is 5.92 Å². The van der Waals surface area contributed by atoms with E-state index in [1.54, 1.807) is 26.0 Å². The molecule has 1 saturated heterocycles. The molecular formula is C19H22ClNO6S. The van der Waals surface area contributed by atoms with Crippen LogP contribution >= 0.6 is 11.6 Å². The molecule has 0 amide bonds. The summed E-state index contributed by atoms with van der Waals surface area (Å²) < 4.78 is 35.8. The number of halogens is 1. The lowest BCUT2D eigenvalue weighted by Gasteiger charge is -2.29. The summed E-state index contributed by atoms with van der Waals surface area (Å²) in [4.78, 5) is 24.2. The molecule has 0 atom stereocenters. The molecule has 0 saturated carbocycles. The number of rotatable bonds is 5. The highest BCUT2D eigenvalue weighted by molar-refractivity contribution is 7.89. The summed E-state index contributed by atoms with van der Waals surface area (Å²) >= 11 is 6.16. The first-order valence-electron chi connectivity index (χ1n) is 9.08. The predicted octanol–water partition coefficient (Wildman–Crippen LogP) is 2.86. The van der Waals surface area contributed by atoms with Gasteiger partial charge in [0.2, 0.25) is 10.0 Å². The number of hydrogen-bond donors (Lipinski definition) is 0. The number of carbonyl (C=O) groups excluding carboxylic acids is 1. The Kier molecular flexibility index (Phi) is 6.12. The largest absolute Gasteiger partial charge is 0.461 e. The molecule has 0 spiro atoms. The van der Waals surface area contributed by atoms with Crippen LogP contribution in [0.5, 0.6) is 0 Å². The average molecular weight is 428 g/mol. The summed E-state index contributed by atoms with van der Waals surface area (Å²) in [5, 5.41) is 1.14. The molecule has 3 rings (SSSR count). The van der Waals surface area contributed by atoms with Gasteiger partial charge in [-0.1, -0.05) is 11.6 Å². The second-order valence-electron chi connectivity index (χ2n) is 6.87. The first-order valence-corrected chi connectivity index (χ1v) is 11.1. The van der Waals surface area contributed by atoms with Crippen LogP contribution in [0, 0.1) is 12.8 Å². The summed E-state index contributed by atoms with van der Waals surface area (Å²) in [5.74, 6) is -0.706. The zero-order valence-corrected chi connectivity index (χ0v) is 17.3. The number of sulfonamides is 1. The maximum absolute atomic E-state index is 12.4. The van der Waals surface area contributed by atoms with E-state index >= 15 is 0 Å². The quantitative estimate of drug-likeness (QED) is 0.538. The molecule has 0 radical (unpaired) electrons. The Balaban J connectivity index is 1.69. The number of nitrogens with zero attached hydrogens (tertiary/aromatic N) is 1. The van der Waals surface area contributed by atoms with E-state index in [4.69, 9.17) is 20.8 Å². The van der Waals surface area contributed by atoms with Crippen molar-refractivity contribution in [3.63, 3.8) is 0 Å². The minimum atomic E-state index is -3.24. The van der Waals surface area contributed by atoms with E-state index in [0.717, 1.165) is 5.56 Å². The molecule has 0 N–H and O–H groups in total. The van der Waals surface area contributed by atoms with Gasteiger partial charge < -0.3 is 9.15 Å². The smallest absolute Gasteiger partial charge is 0.336 e. The normalized spacial score (nSPS) is 16.4. The lowest BCUT2D eigenvalue weighted by Crippen LogP contribution is -2.41. The number of fused-ring (bicyclic) bond motifs is 1. The number of piperidine rings is 1. The fourth-order valence-corrected chi connectivity index (χ4v) is 4.58. The third kappa shape index (κ3) is 4.39. The Hall–Kier alpha value is -1.90. The molecule has 1 aliphatic rings. The van der Waals surface area contributed by atoms with Gasteiger partial charge in [0.15, 0.2) is 0 Å². The summed E-state index contributed by atoms with van der Waals surface area (Å²) in [6, 6.07) is 4.65. The number of aryl methyl sites for hydroxylation is 1. The van der Waals surface area contributed by atoms with E-state index in [0.29, 0.717) is 47.5 Å². The van der Waals surface area contributed by atoms with Crippen molar-refractivity contribution in [1.29, 1.82) is 0 Å². The van der Waals surface area contributed by atoms with E-state index < -0.39 is 21.6 Å². The van der Waals surface area contributed by atoms with Gasteiger partial charge in [-0.15, -0.1) is 0 Å². The predicted molar refractivity (Wildman–Crippen MR) is 106 cm³/mol. The summed E-state index contributed by atoms with van der Waals surface area (Å²) in [6.45, 7) is 3.95. The molecule has 9 heteroatoms. The molecule has 1 aromatic carbocycles. The van der Waals surface area contributed by atoms with Crippen LogP contribution in [-0.4, -0.2) is 37.5 Å². The topological polar surface area (TPSA) is 93.9 Å². The van der Waals surface area contributed by atoms with Crippen LogP contribution in [0.15, 0.2) is 27.4 Å². The first-order chi connectivity index (χ1) is 13.2. The van der Waals surface area contributed by atoms with Crippen molar-refractivity contribution in [3.8, 4) is 0 Å². The minimum absolute atomic E-state index is 0.0494. The summed E-state index contributed by atoms with van der Waals surface area (Å²) in [6.07, 6.45) is 0.835. The highest BCUT2D eigenvalue weighted by Gasteiger charge is 2.31. The van der Waals surface area contributed by atoms with Gasteiger partial charge in [-0.25, -0.2) is 17.5 Å². The number of benzene rings is 1. The van der Waals surface area contributed by atoms with Crippen LogP contribution in [-0.2, 0) is 26.2 Å². The van der Waals surface area contributed by atoms with Crippen molar-refractivity contribution < 1.29 is 22.4 Å². The summed E-state index contributed by atoms with van der Waals surface area (Å²) in [5.41, 5.74) is 1.16. The van der Waals surface area contributed by atoms with Crippen LogP contribution in [0.25, 0.3) is 11.0 Å². The van der Waals surface area contributed by atoms with Crippen LogP contribution in [0.2, 0.25) is 5.02 Å². The number of esters is 1. The van der Waals surface area contributed by atoms with E-state index in [-0.39, 0.29) is 18.3 Å². The summed E-state index contributed by atoms with van der Waals surface area (Å²) in [7, 11) is -3.24. The Labute approximate surface area is 168 Å². The van der Waals surface area contributed by atoms with Crippen molar-refractivity contribution in [2.45, 2.75) is 33.3 Å². The van der Waals surface area contributed by atoms with E-state index in [2.05, 4.69) is 0 Å². The third-order valence-electron chi connectivity index (χ3n) is 5.02. The van der Waals surface area contributed by atoms with E-state index in [9.17, 15) is 18.0 Å². The molecule has 152 valence electrons. The third-order valence-corrected chi connectivity index (χ3v) is 7.31. The number of ether oxygens (including phenoxy) is 1. The van der Waals surface area contributed by atoms with Crippen molar-refractivity contribution in [1.82, 2.24) is 4.31 Å². The Morgan fingerprint density at radius 2 is 1.96 bits per heavy atom.